The molecule has 2 heterocycles. The molecule has 0 bridgehead atoms. The summed E-state index contributed by atoms with van der Waals surface area (Å²) >= 11 is 0. The van der Waals surface area contributed by atoms with Crippen LogP contribution in [0.5, 0.6) is 17.2 Å². The van der Waals surface area contributed by atoms with Crippen LogP contribution in [-0.4, -0.2) is 68.4 Å². The summed E-state index contributed by atoms with van der Waals surface area (Å²) in [6.45, 7) is 2.55. The zero-order valence-electron chi connectivity index (χ0n) is 18.9. The normalized spacial score (nSPS) is 13.4. The molecule has 1 N–H and O–H groups in total. The molecule has 1 aliphatic heterocycles. The van der Waals surface area contributed by atoms with Gasteiger partial charge in [0.2, 0.25) is 0 Å². The van der Waals surface area contributed by atoms with Crippen LogP contribution in [0.2, 0.25) is 0 Å². The fraction of sp³-hybridized carbons (Fsp3) is 0.292. The molecular weight excluding hydrogens is 422 g/mol. The Kier molecular flexibility index (Phi) is 6.77. The molecule has 172 valence electrons. The molecule has 3 aromatic rings. The van der Waals surface area contributed by atoms with Crippen molar-refractivity contribution in [1.82, 2.24) is 14.9 Å². The van der Waals surface area contributed by atoms with Gasteiger partial charge >= 0.3 is 6.03 Å². The third-order valence-corrected chi connectivity index (χ3v) is 5.56. The predicted molar refractivity (Wildman–Crippen MR) is 126 cm³/mol. The fourth-order valence-corrected chi connectivity index (χ4v) is 3.69. The van der Waals surface area contributed by atoms with Gasteiger partial charge in [-0.25, -0.2) is 14.8 Å². The number of carbonyl (C=O) groups excluding carboxylic acids is 1. The lowest BCUT2D eigenvalue weighted by Crippen LogP contribution is -2.50. The SMILES string of the molecule is COc1ccc(NC(=O)N2CCN(c3cc(-c4ccc(OC)c(OC)c4)ncn3)CC2)cc1. The lowest BCUT2D eigenvalue weighted by molar-refractivity contribution is 0.208. The van der Waals surface area contributed by atoms with Gasteiger partial charge in [0.15, 0.2) is 11.5 Å². The molecule has 2 amide bonds. The third kappa shape index (κ3) is 5.08. The number of carbonyl (C=O) groups is 1. The molecule has 0 aliphatic carbocycles. The van der Waals surface area contributed by atoms with Gasteiger partial charge in [-0.1, -0.05) is 0 Å². The van der Waals surface area contributed by atoms with Crippen LogP contribution in [0.1, 0.15) is 0 Å². The van der Waals surface area contributed by atoms with Crippen LogP contribution in [0.4, 0.5) is 16.3 Å². The van der Waals surface area contributed by atoms with Crippen molar-refractivity contribution in [2.75, 3.05) is 57.7 Å². The van der Waals surface area contributed by atoms with Crippen LogP contribution in [0.15, 0.2) is 54.9 Å². The molecule has 1 fully saturated rings. The van der Waals surface area contributed by atoms with E-state index in [0.717, 1.165) is 28.5 Å². The average molecular weight is 450 g/mol. The largest absolute Gasteiger partial charge is 0.497 e. The topological polar surface area (TPSA) is 89.1 Å². The zero-order valence-corrected chi connectivity index (χ0v) is 18.9. The number of rotatable bonds is 6. The summed E-state index contributed by atoms with van der Waals surface area (Å²) in [5.41, 5.74) is 2.44. The van der Waals surface area contributed by atoms with Crippen molar-refractivity contribution in [1.29, 1.82) is 0 Å². The van der Waals surface area contributed by atoms with Crippen LogP contribution < -0.4 is 24.4 Å². The molecule has 9 heteroatoms. The lowest BCUT2D eigenvalue weighted by Gasteiger charge is -2.35. The van der Waals surface area contributed by atoms with Gasteiger partial charge in [0, 0.05) is 43.5 Å². The second-order valence-corrected chi connectivity index (χ2v) is 7.46. The van der Waals surface area contributed by atoms with Crippen molar-refractivity contribution >= 4 is 17.5 Å². The Labute approximate surface area is 192 Å². The smallest absolute Gasteiger partial charge is 0.321 e. The number of piperazine rings is 1. The number of amides is 2. The standard InChI is InChI=1S/C24H27N5O4/c1-31-19-7-5-18(6-8-19)27-24(30)29-12-10-28(11-13-29)23-15-20(25-16-26-23)17-4-9-21(32-2)22(14-17)33-3/h4-9,14-16H,10-13H2,1-3H3,(H,27,30). The van der Waals surface area contributed by atoms with E-state index in [9.17, 15) is 4.79 Å². The Morgan fingerprint density at radius 3 is 2.24 bits per heavy atom. The van der Waals surface area contributed by atoms with Crippen LogP contribution in [0.3, 0.4) is 0 Å². The average Bonchev–Trinajstić information content (AvgIpc) is 2.88. The highest BCUT2D eigenvalue weighted by Crippen LogP contribution is 2.32. The predicted octanol–water partition coefficient (Wildman–Crippen LogP) is 3.52. The van der Waals surface area contributed by atoms with Crippen molar-refractivity contribution in [3.05, 3.63) is 54.9 Å². The van der Waals surface area contributed by atoms with E-state index in [0.29, 0.717) is 37.7 Å². The molecule has 1 aliphatic rings. The van der Waals surface area contributed by atoms with Crippen LogP contribution in [-0.2, 0) is 0 Å². The van der Waals surface area contributed by atoms with Crippen LogP contribution >= 0.6 is 0 Å². The summed E-state index contributed by atoms with van der Waals surface area (Å²) in [6.07, 6.45) is 1.56. The van der Waals surface area contributed by atoms with E-state index in [2.05, 4.69) is 20.2 Å². The first-order chi connectivity index (χ1) is 16.1. The number of hydrogen-bond acceptors (Lipinski definition) is 7. The van der Waals surface area contributed by atoms with Gasteiger partial charge in [0.1, 0.15) is 17.9 Å². The fourth-order valence-electron chi connectivity index (χ4n) is 3.69. The minimum Gasteiger partial charge on any atom is -0.497 e. The number of anilines is 2. The summed E-state index contributed by atoms with van der Waals surface area (Å²) in [4.78, 5) is 25.5. The first-order valence-corrected chi connectivity index (χ1v) is 10.6. The monoisotopic (exact) mass is 449 g/mol. The summed E-state index contributed by atoms with van der Waals surface area (Å²) in [5, 5.41) is 2.93. The number of benzene rings is 2. The molecule has 0 unspecified atom stereocenters. The lowest BCUT2D eigenvalue weighted by atomic mass is 10.1. The summed E-state index contributed by atoms with van der Waals surface area (Å²) in [7, 11) is 4.83. The molecule has 0 saturated carbocycles. The van der Waals surface area contributed by atoms with Gasteiger partial charge in [-0.3, -0.25) is 0 Å². The van der Waals surface area contributed by atoms with E-state index in [-0.39, 0.29) is 6.03 Å². The number of nitrogens with one attached hydrogen (secondary N) is 1. The zero-order chi connectivity index (χ0) is 23.2. The summed E-state index contributed by atoms with van der Waals surface area (Å²) < 4.78 is 15.9. The van der Waals surface area contributed by atoms with Crippen LogP contribution in [0, 0.1) is 0 Å². The molecule has 0 radical (unpaired) electrons. The van der Waals surface area contributed by atoms with Gasteiger partial charge in [-0.15, -0.1) is 0 Å². The Balaban J connectivity index is 1.39. The first-order valence-electron chi connectivity index (χ1n) is 10.6. The van der Waals surface area contributed by atoms with Crippen molar-refractivity contribution in [3.8, 4) is 28.5 Å². The molecule has 4 rings (SSSR count). The molecule has 1 aromatic heterocycles. The molecule has 2 aromatic carbocycles. The molecule has 9 nitrogen and oxygen atoms in total. The maximum atomic E-state index is 12.6. The van der Waals surface area contributed by atoms with Crippen molar-refractivity contribution in [3.63, 3.8) is 0 Å². The molecule has 0 spiro atoms. The Morgan fingerprint density at radius 1 is 0.848 bits per heavy atom. The third-order valence-electron chi connectivity index (χ3n) is 5.56. The van der Waals surface area contributed by atoms with Crippen molar-refractivity contribution < 1.29 is 19.0 Å². The molecular formula is C24H27N5O4. The van der Waals surface area contributed by atoms with E-state index in [1.54, 1.807) is 32.6 Å². The second kappa shape index (κ2) is 10.1. The van der Waals surface area contributed by atoms with Gasteiger partial charge in [0.05, 0.1) is 27.0 Å². The highest BCUT2D eigenvalue weighted by Gasteiger charge is 2.22. The van der Waals surface area contributed by atoms with E-state index >= 15 is 0 Å². The Hall–Kier alpha value is -4.01. The molecule has 33 heavy (non-hydrogen) atoms. The van der Waals surface area contributed by atoms with Crippen molar-refractivity contribution in [2.24, 2.45) is 0 Å². The summed E-state index contributed by atoms with van der Waals surface area (Å²) in [5.74, 6) is 2.88. The Bertz CT molecular complexity index is 1100. The number of ether oxygens (including phenoxy) is 3. The maximum absolute atomic E-state index is 12.6. The number of nitrogens with zero attached hydrogens (tertiary/aromatic N) is 4. The number of urea groups is 1. The van der Waals surface area contributed by atoms with Gasteiger partial charge < -0.3 is 29.3 Å². The van der Waals surface area contributed by atoms with Gasteiger partial charge in [0.25, 0.3) is 0 Å². The van der Waals surface area contributed by atoms with Crippen molar-refractivity contribution in [2.45, 2.75) is 0 Å². The first kappa shape index (κ1) is 22.2. The number of aromatic nitrogens is 2. The highest BCUT2D eigenvalue weighted by atomic mass is 16.5. The van der Waals surface area contributed by atoms with Gasteiger partial charge in [-0.05, 0) is 42.5 Å². The second-order valence-electron chi connectivity index (χ2n) is 7.46. The van der Waals surface area contributed by atoms with Crippen LogP contribution in [0.25, 0.3) is 11.3 Å². The number of methoxy groups -OCH3 is 3. The van der Waals surface area contributed by atoms with E-state index in [1.807, 2.05) is 48.5 Å². The maximum Gasteiger partial charge on any atom is 0.321 e. The summed E-state index contributed by atoms with van der Waals surface area (Å²) in [6, 6.07) is 14.8. The number of hydrogen-bond donors (Lipinski definition) is 1. The highest BCUT2D eigenvalue weighted by molar-refractivity contribution is 5.89. The van der Waals surface area contributed by atoms with E-state index < -0.39 is 0 Å². The molecule has 1 saturated heterocycles. The minimum atomic E-state index is -0.117. The minimum absolute atomic E-state index is 0.117. The van der Waals surface area contributed by atoms with Gasteiger partial charge in [-0.2, -0.15) is 0 Å². The quantitative estimate of drug-likeness (QED) is 0.616. The van der Waals surface area contributed by atoms with E-state index in [1.165, 1.54) is 0 Å². The molecule has 0 atom stereocenters. The van der Waals surface area contributed by atoms with E-state index in [4.69, 9.17) is 14.2 Å². The Morgan fingerprint density at radius 2 is 1.58 bits per heavy atom.